The number of allylic oxidation sites excluding steroid dienone is 3. The van der Waals surface area contributed by atoms with Crippen molar-refractivity contribution in [1.82, 2.24) is 4.90 Å². The maximum absolute atomic E-state index is 14.2. The van der Waals surface area contributed by atoms with Gasteiger partial charge in [0.05, 0.1) is 24.4 Å². The Morgan fingerprint density at radius 2 is 1.70 bits per heavy atom. The predicted molar refractivity (Wildman–Crippen MR) is 200 cm³/mol. The van der Waals surface area contributed by atoms with Crippen LogP contribution in [0.15, 0.2) is 23.3 Å². The van der Waals surface area contributed by atoms with E-state index in [0.29, 0.717) is 56.9 Å². The Morgan fingerprint density at radius 1 is 0.981 bits per heavy atom. The lowest BCUT2D eigenvalue weighted by Gasteiger charge is -2.45. The van der Waals surface area contributed by atoms with Crippen LogP contribution in [0, 0.1) is 35.5 Å². The molecule has 3 N–H and O–H groups in total. The minimum Gasteiger partial charge on any atom is -0.456 e. The number of cyclic esters (lactones) is 1. The first-order valence-electron chi connectivity index (χ1n) is 20.2. The van der Waals surface area contributed by atoms with Crippen molar-refractivity contribution in [2.45, 2.75) is 168 Å². The minimum absolute atomic E-state index is 0.0216. The van der Waals surface area contributed by atoms with Crippen LogP contribution in [0.4, 0.5) is 0 Å². The molecular weight excluding hydrogens is 678 g/mol. The van der Waals surface area contributed by atoms with E-state index in [1.807, 2.05) is 39.8 Å². The molecule has 1 aliphatic carbocycles. The van der Waals surface area contributed by atoms with Crippen molar-refractivity contribution in [3.63, 3.8) is 0 Å². The van der Waals surface area contributed by atoms with Crippen molar-refractivity contribution in [1.29, 1.82) is 0 Å². The summed E-state index contributed by atoms with van der Waals surface area (Å²) < 4.78 is 18.0. The Balaban J connectivity index is 1.72. The molecule has 4 rings (SSSR count). The fourth-order valence-corrected chi connectivity index (χ4v) is 9.19. The number of amides is 1. The van der Waals surface area contributed by atoms with Crippen molar-refractivity contribution in [3.8, 4) is 0 Å². The Labute approximate surface area is 316 Å². The summed E-state index contributed by atoms with van der Waals surface area (Å²) in [6.07, 6.45) is 6.99. The number of hydrogen-bond acceptors (Lipinski definition) is 10. The molecule has 3 heterocycles. The Kier molecular flexibility index (Phi) is 15.5. The number of Topliss-reactive ketones (excluding diaryl/α,β-unsaturated/α-hetero) is 2. The van der Waals surface area contributed by atoms with E-state index in [-0.39, 0.29) is 54.9 Å². The van der Waals surface area contributed by atoms with Gasteiger partial charge < -0.3 is 34.4 Å². The van der Waals surface area contributed by atoms with E-state index in [1.165, 1.54) is 4.90 Å². The number of methoxy groups -OCH3 is 1. The lowest BCUT2D eigenvalue weighted by molar-refractivity contribution is -0.275. The van der Waals surface area contributed by atoms with Gasteiger partial charge in [0.2, 0.25) is 5.79 Å². The van der Waals surface area contributed by atoms with Crippen molar-refractivity contribution in [2.75, 3.05) is 13.7 Å². The quantitative estimate of drug-likeness (QED) is 0.191. The van der Waals surface area contributed by atoms with E-state index in [2.05, 4.69) is 6.92 Å². The summed E-state index contributed by atoms with van der Waals surface area (Å²) in [5.74, 6) is -6.51. The van der Waals surface area contributed by atoms with Gasteiger partial charge in [0.1, 0.15) is 17.9 Å². The number of ether oxygens (including phenoxy) is 3. The second-order valence-corrected chi connectivity index (χ2v) is 17.0. The lowest BCUT2D eigenvalue weighted by atomic mass is 9.79. The van der Waals surface area contributed by atoms with Gasteiger partial charge in [-0.2, -0.15) is 0 Å². The molecule has 3 aliphatic heterocycles. The molecule has 3 fully saturated rings. The molecule has 300 valence electrons. The molecule has 11 heteroatoms. The number of fused-ring (bicyclic) bond motifs is 3. The van der Waals surface area contributed by atoms with Crippen LogP contribution in [0.3, 0.4) is 0 Å². The Morgan fingerprint density at radius 3 is 2.38 bits per heavy atom. The Hall–Kier alpha value is -2.44. The second-order valence-electron chi connectivity index (χ2n) is 17.0. The summed E-state index contributed by atoms with van der Waals surface area (Å²) >= 11 is 0. The summed E-state index contributed by atoms with van der Waals surface area (Å²) in [7, 11) is 1.57. The van der Waals surface area contributed by atoms with E-state index in [4.69, 9.17) is 14.2 Å². The number of piperidine rings is 1. The summed E-state index contributed by atoms with van der Waals surface area (Å²) in [6, 6.07) is -1.08. The molecule has 11 nitrogen and oxygen atoms in total. The molecule has 1 saturated carbocycles. The van der Waals surface area contributed by atoms with E-state index in [0.717, 1.165) is 18.4 Å². The molecule has 0 spiro atoms. The highest BCUT2D eigenvalue weighted by Crippen LogP contribution is 2.40. The van der Waals surface area contributed by atoms with Crippen LogP contribution in [0.5, 0.6) is 0 Å². The first-order valence-corrected chi connectivity index (χ1v) is 20.2. The SMILES string of the molecule is CC[C@@H]1/C=C(\C)C[C@H](C)CCC2OC(O)(C(=O)C(=O)N3CCCCC3C(=O)OC(/C(C)=C/[C@@H]3CCC(O)C(OC)C3)[C@H](C)C(O)CC1=O)[C@H](C)C[C@@H]2C. The fraction of sp³-hybridized carbons (Fsp3) is 0.810. The molecule has 0 aromatic rings. The number of hydrogen-bond donors (Lipinski definition) is 3. The number of carbonyl (C=O) groups is 4. The number of nitrogens with zero attached hydrogens (tertiary/aromatic N) is 1. The summed E-state index contributed by atoms with van der Waals surface area (Å²) in [4.78, 5) is 57.1. The first-order chi connectivity index (χ1) is 25.0. The van der Waals surface area contributed by atoms with Crippen LogP contribution in [-0.2, 0) is 33.4 Å². The van der Waals surface area contributed by atoms with Gasteiger partial charge in [-0.1, -0.05) is 52.3 Å². The highest BCUT2D eigenvalue weighted by Gasteiger charge is 2.54. The molecule has 2 saturated heterocycles. The largest absolute Gasteiger partial charge is 0.456 e. The number of esters is 1. The van der Waals surface area contributed by atoms with Crippen molar-refractivity contribution < 1.29 is 48.7 Å². The molecular formula is C42H67NO10. The zero-order valence-corrected chi connectivity index (χ0v) is 33.4. The third kappa shape index (κ3) is 10.5. The van der Waals surface area contributed by atoms with E-state index in [9.17, 15) is 34.5 Å². The maximum atomic E-state index is 14.2. The van der Waals surface area contributed by atoms with Crippen LogP contribution in [0.25, 0.3) is 0 Å². The maximum Gasteiger partial charge on any atom is 0.329 e. The average molecular weight is 746 g/mol. The van der Waals surface area contributed by atoms with Crippen LogP contribution >= 0.6 is 0 Å². The van der Waals surface area contributed by atoms with Gasteiger partial charge >= 0.3 is 5.97 Å². The standard InChI is InChI=1S/C42H67NO10/c1-9-31-19-25(3)18-24(2)13-16-36-26(4)20-28(6)42(50,53-36)39(47)40(48)43-17-11-10-12-32(43)41(49)52-38(29(7)34(45)23-35(31)46)27(5)21-30-14-15-33(44)37(22-30)51-8/h19,21,24,26,28-34,36-38,44-45,50H,9-18,20,22-23H2,1-8H3/b25-19+,27-21+/t24-,26+,28-,29-,30+,31-,32?,33?,34?,36?,37?,38?,42?/m1/s1. The zero-order chi connectivity index (χ0) is 39.2. The van der Waals surface area contributed by atoms with Gasteiger partial charge in [-0.05, 0) is 108 Å². The number of rotatable bonds is 4. The summed E-state index contributed by atoms with van der Waals surface area (Å²) in [5, 5.41) is 33.8. The van der Waals surface area contributed by atoms with Crippen molar-refractivity contribution in [2.24, 2.45) is 35.5 Å². The van der Waals surface area contributed by atoms with Gasteiger partial charge in [-0.3, -0.25) is 14.4 Å². The van der Waals surface area contributed by atoms with E-state index < -0.39 is 65.7 Å². The predicted octanol–water partition coefficient (Wildman–Crippen LogP) is 5.47. The van der Waals surface area contributed by atoms with Gasteiger partial charge in [0.25, 0.3) is 11.7 Å². The highest BCUT2D eigenvalue weighted by atomic mass is 16.6. The van der Waals surface area contributed by atoms with Gasteiger partial charge in [0.15, 0.2) is 0 Å². The van der Waals surface area contributed by atoms with E-state index >= 15 is 0 Å². The third-order valence-electron chi connectivity index (χ3n) is 12.7. The number of aliphatic hydroxyl groups excluding tert-OH is 2. The van der Waals surface area contributed by atoms with Crippen molar-refractivity contribution >= 4 is 23.4 Å². The van der Waals surface area contributed by atoms with E-state index in [1.54, 1.807) is 21.0 Å². The fourth-order valence-electron chi connectivity index (χ4n) is 9.19. The normalized spacial score (nSPS) is 41.8. The first kappa shape index (κ1) is 43.3. The van der Waals surface area contributed by atoms with Crippen LogP contribution in [0.2, 0.25) is 0 Å². The van der Waals surface area contributed by atoms with Gasteiger partial charge in [-0.25, -0.2) is 4.79 Å². The lowest BCUT2D eigenvalue weighted by Crippen LogP contribution is -2.61. The topological polar surface area (TPSA) is 160 Å². The number of aliphatic hydroxyl groups is 3. The van der Waals surface area contributed by atoms with Crippen molar-refractivity contribution in [3.05, 3.63) is 23.3 Å². The van der Waals surface area contributed by atoms with Crippen LogP contribution < -0.4 is 0 Å². The summed E-state index contributed by atoms with van der Waals surface area (Å²) in [5.41, 5.74) is 1.76. The molecule has 13 atom stereocenters. The smallest absolute Gasteiger partial charge is 0.329 e. The van der Waals surface area contributed by atoms with Gasteiger partial charge in [-0.15, -0.1) is 0 Å². The molecule has 53 heavy (non-hydrogen) atoms. The minimum atomic E-state index is -2.32. The molecule has 0 radical (unpaired) electrons. The molecule has 2 bridgehead atoms. The molecule has 1 amide bonds. The monoisotopic (exact) mass is 745 g/mol. The number of ketones is 2. The van der Waals surface area contributed by atoms with Crippen LogP contribution in [0.1, 0.15) is 126 Å². The van der Waals surface area contributed by atoms with Gasteiger partial charge in [0, 0.05) is 37.8 Å². The molecule has 7 unspecified atom stereocenters. The van der Waals surface area contributed by atoms with Crippen LogP contribution in [-0.4, -0.2) is 99.7 Å². The second kappa shape index (κ2) is 18.9. The zero-order valence-electron chi connectivity index (χ0n) is 33.4. The number of carbonyl (C=O) groups excluding carboxylic acids is 4. The third-order valence-corrected chi connectivity index (χ3v) is 12.7. The average Bonchev–Trinajstić information content (AvgIpc) is 3.12. The summed E-state index contributed by atoms with van der Waals surface area (Å²) in [6.45, 7) is 13.6. The Bertz CT molecular complexity index is 1360. The molecule has 0 aromatic heterocycles. The molecule has 0 aromatic carbocycles. The molecule has 4 aliphatic rings. The highest BCUT2D eigenvalue weighted by molar-refractivity contribution is 6.39.